The minimum absolute atomic E-state index is 0.187. The Labute approximate surface area is 181 Å². The number of carbonyl (C=O) groups excluding carboxylic acids is 2. The van der Waals surface area contributed by atoms with E-state index in [1.807, 2.05) is 18.2 Å². The van der Waals surface area contributed by atoms with Crippen LogP contribution in [-0.2, 0) is 0 Å². The summed E-state index contributed by atoms with van der Waals surface area (Å²) in [5.74, 6) is 2.28. The molecule has 2 aliphatic carbocycles. The van der Waals surface area contributed by atoms with Gasteiger partial charge in [-0.15, -0.1) is 0 Å². The fourth-order valence-electron chi connectivity index (χ4n) is 4.81. The first-order valence-electron chi connectivity index (χ1n) is 11.5. The van der Waals surface area contributed by atoms with Crippen LogP contribution in [0.2, 0.25) is 0 Å². The van der Waals surface area contributed by atoms with E-state index in [1.165, 1.54) is 12.8 Å². The Bertz CT molecular complexity index is 680. The molecule has 3 rings (SSSR count). The van der Waals surface area contributed by atoms with Crippen molar-refractivity contribution in [3.8, 4) is 0 Å². The highest BCUT2D eigenvalue weighted by molar-refractivity contribution is 5.93. The van der Waals surface area contributed by atoms with Crippen LogP contribution in [0, 0.1) is 23.7 Å². The minimum atomic E-state index is -0.187. The monoisotopic (exact) mass is 414 g/mol. The lowest BCUT2D eigenvalue weighted by Gasteiger charge is -2.33. The molecule has 2 aliphatic rings. The maximum atomic E-state index is 12.5. The van der Waals surface area contributed by atoms with E-state index < -0.39 is 0 Å². The summed E-state index contributed by atoms with van der Waals surface area (Å²) in [4.78, 5) is 24.9. The van der Waals surface area contributed by atoms with Crippen molar-refractivity contribution in [1.82, 2.24) is 10.6 Å². The molecule has 1 aromatic carbocycles. The second kappa shape index (κ2) is 10.2. The molecule has 2 fully saturated rings. The molecule has 0 saturated heterocycles. The molecule has 0 aliphatic heterocycles. The average molecular weight is 415 g/mol. The van der Waals surface area contributed by atoms with Crippen LogP contribution in [0.15, 0.2) is 24.3 Å². The molecule has 1 aromatic rings. The normalized spacial score (nSPS) is 31.5. The summed E-state index contributed by atoms with van der Waals surface area (Å²) in [6.45, 7) is 8.89. The fourth-order valence-corrected chi connectivity index (χ4v) is 4.81. The summed E-state index contributed by atoms with van der Waals surface area (Å²) in [5, 5.41) is 12.1. The van der Waals surface area contributed by atoms with Crippen LogP contribution in [0.1, 0.15) is 66.2 Å². The first-order valence-corrected chi connectivity index (χ1v) is 11.5. The molecular weight excluding hydrogens is 376 g/mol. The number of anilines is 2. The van der Waals surface area contributed by atoms with Gasteiger partial charge in [-0.3, -0.25) is 0 Å². The smallest absolute Gasteiger partial charge is 0.319 e. The molecule has 166 valence electrons. The highest BCUT2D eigenvalue weighted by Gasteiger charge is 2.27. The van der Waals surface area contributed by atoms with Gasteiger partial charge in [-0.05, 0) is 67.6 Å². The molecule has 6 heteroatoms. The zero-order valence-electron chi connectivity index (χ0n) is 18.8. The van der Waals surface area contributed by atoms with Crippen molar-refractivity contribution < 1.29 is 9.59 Å². The van der Waals surface area contributed by atoms with E-state index >= 15 is 0 Å². The molecule has 0 radical (unpaired) electrons. The first-order chi connectivity index (χ1) is 14.3. The van der Waals surface area contributed by atoms with E-state index in [4.69, 9.17) is 0 Å². The molecule has 30 heavy (non-hydrogen) atoms. The standard InChI is InChI=1S/C24H38N4O2/c1-15-8-10-17(3)21(12-15)27-23(29)25-19-6-5-7-20(14-19)26-24(30)28-22-13-16(2)9-11-18(22)4/h5-7,14-18,21-22H,8-13H2,1-4H3,(H2,25,27,29)(H2,26,28,30)/t15-,16-,17-,18+,21+,22-/m0/s1. The molecule has 4 N–H and O–H groups in total. The van der Waals surface area contributed by atoms with Crippen molar-refractivity contribution in [3.63, 3.8) is 0 Å². The molecule has 2 saturated carbocycles. The van der Waals surface area contributed by atoms with E-state index in [0.29, 0.717) is 35.0 Å². The lowest BCUT2D eigenvalue weighted by Crippen LogP contribution is -2.45. The van der Waals surface area contributed by atoms with E-state index in [-0.39, 0.29) is 24.1 Å². The predicted octanol–water partition coefficient (Wildman–Crippen LogP) is 5.58. The van der Waals surface area contributed by atoms with Crippen molar-refractivity contribution in [1.29, 1.82) is 0 Å². The Kier molecular flexibility index (Phi) is 7.62. The van der Waals surface area contributed by atoms with E-state index in [2.05, 4.69) is 49.0 Å². The van der Waals surface area contributed by atoms with Gasteiger partial charge in [0, 0.05) is 23.5 Å². The van der Waals surface area contributed by atoms with Crippen LogP contribution < -0.4 is 21.3 Å². The molecule has 4 amide bonds. The van der Waals surface area contributed by atoms with Crippen LogP contribution in [0.5, 0.6) is 0 Å². The van der Waals surface area contributed by atoms with Gasteiger partial charge in [-0.25, -0.2) is 9.59 Å². The Balaban J connectivity index is 1.51. The van der Waals surface area contributed by atoms with Gasteiger partial charge < -0.3 is 21.3 Å². The second-order valence-electron chi connectivity index (χ2n) is 9.78. The maximum Gasteiger partial charge on any atom is 0.319 e. The van der Waals surface area contributed by atoms with Gasteiger partial charge in [-0.2, -0.15) is 0 Å². The summed E-state index contributed by atoms with van der Waals surface area (Å²) in [6.07, 6.45) is 6.81. The first kappa shape index (κ1) is 22.4. The highest BCUT2D eigenvalue weighted by atomic mass is 16.2. The number of carbonyl (C=O) groups is 2. The Hall–Kier alpha value is -2.24. The number of hydrogen-bond donors (Lipinski definition) is 4. The second-order valence-corrected chi connectivity index (χ2v) is 9.78. The van der Waals surface area contributed by atoms with Crippen molar-refractivity contribution >= 4 is 23.4 Å². The third kappa shape index (κ3) is 6.38. The van der Waals surface area contributed by atoms with Gasteiger partial charge in [0.25, 0.3) is 0 Å². The number of amides is 4. The van der Waals surface area contributed by atoms with Gasteiger partial charge in [0.1, 0.15) is 0 Å². The summed E-state index contributed by atoms with van der Waals surface area (Å²) < 4.78 is 0. The number of rotatable bonds is 4. The van der Waals surface area contributed by atoms with Crippen molar-refractivity contribution in [2.45, 2.75) is 78.3 Å². The topological polar surface area (TPSA) is 82.3 Å². The van der Waals surface area contributed by atoms with Gasteiger partial charge in [0.2, 0.25) is 0 Å². The van der Waals surface area contributed by atoms with E-state index in [0.717, 1.165) is 25.7 Å². The van der Waals surface area contributed by atoms with Crippen LogP contribution >= 0.6 is 0 Å². The van der Waals surface area contributed by atoms with Crippen molar-refractivity contribution in [2.75, 3.05) is 10.6 Å². The van der Waals surface area contributed by atoms with Crippen molar-refractivity contribution in [3.05, 3.63) is 24.3 Å². The van der Waals surface area contributed by atoms with Crippen LogP contribution in [0.25, 0.3) is 0 Å². The molecule has 6 nitrogen and oxygen atoms in total. The largest absolute Gasteiger partial charge is 0.335 e. The number of urea groups is 2. The minimum Gasteiger partial charge on any atom is -0.335 e. The van der Waals surface area contributed by atoms with Gasteiger partial charge in [-0.1, -0.05) is 46.6 Å². The maximum absolute atomic E-state index is 12.5. The van der Waals surface area contributed by atoms with Gasteiger partial charge in [0.15, 0.2) is 0 Å². The zero-order chi connectivity index (χ0) is 21.7. The summed E-state index contributed by atoms with van der Waals surface area (Å²) in [7, 11) is 0. The third-order valence-electron chi connectivity index (χ3n) is 6.93. The molecular formula is C24H38N4O2. The van der Waals surface area contributed by atoms with Gasteiger partial charge >= 0.3 is 12.1 Å². The van der Waals surface area contributed by atoms with Crippen LogP contribution in [0.4, 0.5) is 21.0 Å². The van der Waals surface area contributed by atoms with E-state index in [1.54, 1.807) is 6.07 Å². The average Bonchev–Trinajstić information content (AvgIpc) is 2.68. The summed E-state index contributed by atoms with van der Waals surface area (Å²) >= 11 is 0. The number of benzene rings is 1. The zero-order valence-corrected chi connectivity index (χ0v) is 18.8. The Morgan fingerprint density at radius 2 is 1.17 bits per heavy atom. The highest BCUT2D eigenvalue weighted by Crippen LogP contribution is 2.29. The lowest BCUT2D eigenvalue weighted by atomic mass is 9.80. The lowest BCUT2D eigenvalue weighted by molar-refractivity contribution is 0.214. The van der Waals surface area contributed by atoms with Crippen molar-refractivity contribution in [2.24, 2.45) is 23.7 Å². The fraction of sp³-hybridized carbons (Fsp3) is 0.667. The summed E-state index contributed by atoms with van der Waals surface area (Å²) in [6, 6.07) is 7.34. The SMILES string of the molecule is C[C@H]1CC[C@@H](C)[C@@H](NC(=O)Nc2cccc(NC(=O)N[C@@H]3C[C@@H](C)CC[C@@H]3C)c2)C1. The number of nitrogens with one attached hydrogen (secondary N) is 4. The molecule has 0 aromatic heterocycles. The van der Waals surface area contributed by atoms with Crippen LogP contribution in [-0.4, -0.2) is 24.1 Å². The molecule has 0 bridgehead atoms. The number of hydrogen-bond acceptors (Lipinski definition) is 2. The molecule has 0 heterocycles. The molecule has 6 atom stereocenters. The Morgan fingerprint density at radius 3 is 1.60 bits per heavy atom. The van der Waals surface area contributed by atoms with Gasteiger partial charge in [0.05, 0.1) is 0 Å². The predicted molar refractivity (Wildman–Crippen MR) is 123 cm³/mol. The molecule has 0 spiro atoms. The van der Waals surface area contributed by atoms with Crippen LogP contribution in [0.3, 0.4) is 0 Å². The quantitative estimate of drug-likeness (QED) is 0.519. The molecule has 0 unspecified atom stereocenters. The Morgan fingerprint density at radius 1 is 0.733 bits per heavy atom. The summed E-state index contributed by atoms with van der Waals surface area (Å²) in [5.41, 5.74) is 1.34. The third-order valence-corrected chi connectivity index (χ3v) is 6.93. The van der Waals surface area contributed by atoms with E-state index in [9.17, 15) is 9.59 Å².